The van der Waals surface area contributed by atoms with Crippen molar-refractivity contribution in [3.05, 3.63) is 41.0 Å². The van der Waals surface area contributed by atoms with Gasteiger partial charge in [0.25, 0.3) is 0 Å². The summed E-state index contributed by atoms with van der Waals surface area (Å²) in [6.07, 6.45) is 4.49. The Bertz CT molecular complexity index is 480. The first-order chi connectivity index (χ1) is 7.38. The summed E-state index contributed by atoms with van der Waals surface area (Å²) in [4.78, 5) is 0. The molecule has 1 heterocycles. The van der Waals surface area contributed by atoms with E-state index < -0.39 is 0 Å². The van der Waals surface area contributed by atoms with E-state index in [0.717, 1.165) is 24.9 Å². The lowest BCUT2D eigenvalue weighted by molar-refractivity contribution is 0.603. The highest BCUT2D eigenvalue weighted by molar-refractivity contribution is 5.78. The third-order valence-corrected chi connectivity index (χ3v) is 3.25. The molecule has 15 heavy (non-hydrogen) atoms. The highest BCUT2D eigenvalue weighted by atomic mass is 14.9. The summed E-state index contributed by atoms with van der Waals surface area (Å²) in [6.45, 7) is 1.08. The average Bonchev–Trinajstić information content (AvgIpc) is 2.66. The topological polar surface area (TPSA) is 35.8 Å². The minimum Gasteiger partial charge on any atom is -0.309 e. The molecule has 0 saturated carbocycles. The molecule has 0 unspecified atom stereocenters. The molecule has 2 nitrogen and oxygen atoms in total. The maximum atomic E-state index is 8.88. The smallest absolute Gasteiger partial charge is 0.0991 e. The Kier molecular flexibility index (Phi) is 1.87. The Labute approximate surface area is 89.2 Å². The van der Waals surface area contributed by atoms with Crippen LogP contribution in [0.4, 0.5) is 0 Å². The second-order valence-corrected chi connectivity index (χ2v) is 4.14. The van der Waals surface area contributed by atoms with Crippen LogP contribution in [-0.4, -0.2) is 12.6 Å². The van der Waals surface area contributed by atoms with Gasteiger partial charge in [0.05, 0.1) is 11.6 Å². The number of nitrogens with one attached hydrogen (secondary N) is 1. The molecule has 1 aromatic rings. The molecule has 1 atom stereocenters. The van der Waals surface area contributed by atoms with Gasteiger partial charge in [0.1, 0.15) is 0 Å². The zero-order chi connectivity index (χ0) is 10.3. The van der Waals surface area contributed by atoms with Crippen LogP contribution < -0.4 is 5.32 Å². The van der Waals surface area contributed by atoms with Gasteiger partial charge in [-0.15, -0.1) is 0 Å². The Balaban J connectivity index is 2.13. The summed E-state index contributed by atoms with van der Waals surface area (Å²) in [6, 6.07) is 8.72. The third kappa shape index (κ3) is 1.28. The highest BCUT2D eigenvalue weighted by Crippen LogP contribution is 2.34. The van der Waals surface area contributed by atoms with Gasteiger partial charge >= 0.3 is 0 Å². The number of benzene rings is 1. The van der Waals surface area contributed by atoms with Gasteiger partial charge in [-0.2, -0.15) is 5.26 Å². The van der Waals surface area contributed by atoms with Crippen molar-refractivity contribution >= 4 is 5.57 Å². The fourth-order valence-corrected chi connectivity index (χ4v) is 2.53. The number of hydrogen-bond acceptors (Lipinski definition) is 2. The Morgan fingerprint density at radius 1 is 1.40 bits per heavy atom. The Morgan fingerprint density at radius 2 is 2.33 bits per heavy atom. The summed E-state index contributed by atoms with van der Waals surface area (Å²) in [5.41, 5.74) is 4.82. The summed E-state index contributed by atoms with van der Waals surface area (Å²) in [5.74, 6) is 0. The van der Waals surface area contributed by atoms with Crippen LogP contribution in [0.1, 0.15) is 23.1 Å². The normalized spacial score (nSPS) is 22.6. The van der Waals surface area contributed by atoms with Gasteiger partial charge < -0.3 is 5.32 Å². The Hall–Kier alpha value is -1.59. The molecule has 1 aliphatic carbocycles. The van der Waals surface area contributed by atoms with Crippen LogP contribution in [0.2, 0.25) is 0 Å². The van der Waals surface area contributed by atoms with E-state index in [9.17, 15) is 0 Å². The van der Waals surface area contributed by atoms with Crippen LogP contribution >= 0.6 is 0 Å². The molecular formula is C13H12N2. The summed E-state index contributed by atoms with van der Waals surface area (Å²) >= 11 is 0. The molecule has 0 radical (unpaired) electrons. The first-order valence-electron chi connectivity index (χ1n) is 5.35. The van der Waals surface area contributed by atoms with Crippen LogP contribution in [0, 0.1) is 11.3 Å². The second kappa shape index (κ2) is 3.22. The number of fused-ring (bicyclic) bond motifs is 3. The van der Waals surface area contributed by atoms with Gasteiger partial charge in [-0.05, 0) is 48.2 Å². The minimum atomic E-state index is 0.489. The molecule has 1 aliphatic heterocycles. The van der Waals surface area contributed by atoms with Crippen molar-refractivity contribution in [3.8, 4) is 6.07 Å². The predicted octanol–water partition coefficient (Wildman–Crippen LogP) is 1.86. The van der Waals surface area contributed by atoms with Gasteiger partial charge in [0.2, 0.25) is 0 Å². The molecule has 1 aromatic carbocycles. The standard InChI is InChI=1S/C13H12N2/c14-8-9-3-4-10-7-13-11(12(10)6-9)2-1-5-15-13/h2-4,6,13,15H,1,5,7H2/t13-/m0/s1. The summed E-state index contributed by atoms with van der Waals surface area (Å²) in [5, 5.41) is 12.4. The average molecular weight is 196 g/mol. The maximum Gasteiger partial charge on any atom is 0.0991 e. The molecule has 2 heteroatoms. The van der Waals surface area contributed by atoms with Gasteiger partial charge in [-0.1, -0.05) is 12.1 Å². The van der Waals surface area contributed by atoms with E-state index in [4.69, 9.17) is 5.26 Å². The summed E-state index contributed by atoms with van der Waals surface area (Å²) < 4.78 is 0. The molecule has 0 spiro atoms. The molecular weight excluding hydrogens is 184 g/mol. The molecule has 74 valence electrons. The van der Waals surface area contributed by atoms with E-state index in [2.05, 4.69) is 23.5 Å². The molecule has 0 aromatic heterocycles. The van der Waals surface area contributed by atoms with Crippen molar-refractivity contribution in [2.75, 3.05) is 6.54 Å². The molecule has 0 saturated heterocycles. The van der Waals surface area contributed by atoms with Crippen LogP contribution in [-0.2, 0) is 6.42 Å². The zero-order valence-corrected chi connectivity index (χ0v) is 8.46. The van der Waals surface area contributed by atoms with Gasteiger partial charge in [0.15, 0.2) is 0 Å². The largest absolute Gasteiger partial charge is 0.309 e. The zero-order valence-electron chi connectivity index (χ0n) is 8.46. The number of rotatable bonds is 0. The quantitative estimate of drug-likeness (QED) is 0.687. The van der Waals surface area contributed by atoms with Crippen LogP contribution in [0.15, 0.2) is 24.3 Å². The maximum absolute atomic E-state index is 8.88. The lowest BCUT2D eigenvalue weighted by Crippen LogP contribution is -2.32. The molecule has 3 rings (SSSR count). The fraction of sp³-hybridized carbons (Fsp3) is 0.308. The van der Waals surface area contributed by atoms with Crippen molar-refractivity contribution < 1.29 is 0 Å². The fourth-order valence-electron chi connectivity index (χ4n) is 2.53. The summed E-state index contributed by atoms with van der Waals surface area (Å²) in [7, 11) is 0. The first kappa shape index (κ1) is 8.70. The van der Waals surface area contributed by atoms with E-state index >= 15 is 0 Å². The van der Waals surface area contributed by atoms with Crippen molar-refractivity contribution in [1.29, 1.82) is 5.26 Å². The second-order valence-electron chi connectivity index (χ2n) is 4.14. The lowest BCUT2D eigenvalue weighted by atomic mass is 10.0. The van der Waals surface area contributed by atoms with Crippen molar-refractivity contribution in [1.82, 2.24) is 5.32 Å². The van der Waals surface area contributed by atoms with E-state index in [-0.39, 0.29) is 0 Å². The van der Waals surface area contributed by atoms with E-state index in [1.165, 1.54) is 16.7 Å². The van der Waals surface area contributed by atoms with Gasteiger partial charge in [0, 0.05) is 6.04 Å². The highest BCUT2D eigenvalue weighted by Gasteiger charge is 2.27. The molecule has 0 amide bonds. The number of hydrogen-bond donors (Lipinski definition) is 1. The molecule has 1 N–H and O–H groups in total. The number of nitrogens with zero attached hydrogens (tertiary/aromatic N) is 1. The SMILES string of the molecule is N#Cc1ccc2c(c1)C1=CCCN[C@H]1C2. The van der Waals surface area contributed by atoms with Crippen LogP contribution in [0.5, 0.6) is 0 Å². The molecule has 0 bridgehead atoms. The van der Waals surface area contributed by atoms with Crippen molar-refractivity contribution in [2.45, 2.75) is 18.9 Å². The van der Waals surface area contributed by atoms with Crippen LogP contribution in [0.3, 0.4) is 0 Å². The molecule has 2 aliphatic rings. The van der Waals surface area contributed by atoms with Crippen molar-refractivity contribution in [2.24, 2.45) is 0 Å². The van der Waals surface area contributed by atoms with E-state index in [0.29, 0.717) is 6.04 Å². The lowest BCUT2D eigenvalue weighted by Gasteiger charge is -2.19. The van der Waals surface area contributed by atoms with E-state index in [1.54, 1.807) is 0 Å². The predicted molar refractivity (Wildman–Crippen MR) is 59.2 cm³/mol. The first-order valence-corrected chi connectivity index (χ1v) is 5.35. The van der Waals surface area contributed by atoms with Gasteiger partial charge in [-0.3, -0.25) is 0 Å². The van der Waals surface area contributed by atoms with Crippen molar-refractivity contribution in [3.63, 3.8) is 0 Å². The third-order valence-electron chi connectivity index (χ3n) is 3.25. The van der Waals surface area contributed by atoms with Gasteiger partial charge in [-0.25, -0.2) is 0 Å². The monoisotopic (exact) mass is 196 g/mol. The minimum absolute atomic E-state index is 0.489. The number of nitriles is 1. The van der Waals surface area contributed by atoms with Crippen LogP contribution in [0.25, 0.3) is 5.57 Å². The molecule has 0 fully saturated rings. The van der Waals surface area contributed by atoms with E-state index in [1.807, 2.05) is 12.1 Å². The Morgan fingerprint density at radius 3 is 3.20 bits per heavy atom.